The van der Waals surface area contributed by atoms with Gasteiger partial charge in [0.05, 0.1) is 6.33 Å². The van der Waals surface area contributed by atoms with E-state index in [1.54, 1.807) is 6.33 Å². The van der Waals surface area contributed by atoms with E-state index in [0.29, 0.717) is 36.0 Å². The van der Waals surface area contributed by atoms with Crippen LogP contribution in [0.4, 0.5) is 10.2 Å². The fourth-order valence-electron chi connectivity index (χ4n) is 3.52. The molecule has 1 amide bonds. The number of rotatable bonds is 6. The molecular weight excluding hydrogens is 383 g/mol. The van der Waals surface area contributed by atoms with Gasteiger partial charge >= 0.3 is 0 Å². The van der Waals surface area contributed by atoms with Crippen LogP contribution in [0.3, 0.4) is 0 Å². The molecule has 0 spiro atoms. The second kappa shape index (κ2) is 8.10. The maximum absolute atomic E-state index is 12.9. The van der Waals surface area contributed by atoms with Gasteiger partial charge in [0.25, 0.3) is 5.91 Å². The number of carbonyl (C=O) groups excluding carboxylic acids is 1. The highest BCUT2D eigenvalue weighted by Gasteiger charge is 2.21. The van der Waals surface area contributed by atoms with Crippen molar-refractivity contribution in [2.45, 2.75) is 31.7 Å². The monoisotopic (exact) mass is 402 g/mol. The van der Waals surface area contributed by atoms with E-state index in [2.05, 4.69) is 30.2 Å². The van der Waals surface area contributed by atoms with Crippen LogP contribution in [0, 0.1) is 5.82 Å². The second-order valence-electron chi connectivity index (χ2n) is 6.79. The number of amides is 1. The van der Waals surface area contributed by atoms with Crippen molar-refractivity contribution in [3.63, 3.8) is 0 Å². The molecule has 1 fully saturated rings. The smallest absolute Gasteiger partial charge is 0.251 e. The average molecular weight is 403 g/mol. The van der Waals surface area contributed by atoms with Crippen LogP contribution in [0.25, 0.3) is 11.2 Å². The molecule has 7 nitrogen and oxygen atoms in total. The summed E-state index contributed by atoms with van der Waals surface area (Å²) >= 11 is 6.11. The van der Waals surface area contributed by atoms with E-state index < -0.39 is 0 Å². The lowest BCUT2D eigenvalue weighted by molar-refractivity contribution is 0.0955. The molecule has 1 saturated carbocycles. The summed E-state index contributed by atoms with van der Waals surface area (Å²) in [7, 11) is 0. The van der Waals surface area contributed by atoms with Crippen LogP contribution in [0.15, 0.2) is 30.6 Å². The number of nitrogens with zero attached hydrogens (tertiary/aromatic N) is 4. The largest absolute Gasteiger partial charge is 0.366 e. The molecule has 1 aliphatic rings. The number of nitrogens with one attached hydrogen (secondary N) is 2. The molecule has 0 saturated heterocycles. The van der Waals surface area contributed by atoms with Crippen molar-refractivity contribution in [3.05, 3.63) is 47.3 Å². The molecule has 28 heavy (non-hydrogen) atoms. The van der Waals surface area contributed by atoms with Gasteiger partial charge in [-0.25, -0.2) is 9.37 Å². The predicted octanol–water partition coefficient (Wildman–Crippen LogP) is 3.58. The van der Waals surface area contributed by atoms with Crippen LogP contribution in [-0.4, -0.2) is 38.5 Å². The average Bonchev–Trinajstić information content (AvgIpc) is 3.34. The minimum atomic E-state index is -0.375. The van der Waals surface area contributed by atoms with Crippen LogP contribution in [-0.2, 0) is 0 Å². The zero-order valence-corrected chi connectivity index (χ0v) is 15.9. The normalized spacial score (nSPS) is 14.5. The number of anilines is 1. The quantitative estimate of drug-likeness (QED) is 0.486. The van der Waals surface area contributed by atoms with Gasteiger partial charge in [0, 0.05) is 24.7 Å². The van der Waals surface area contributed by atoms with Crippen LogP contribution in [0.5, 0.6) is 0 Å². The fraction of sp³-hybridized carbons (Fsp3) is 0.368. The van der Waals surface area contributed by atoms with Crippen molar-refractivity contribution in [2.24, 2.45) is 0 Å². The highest BCUT2D eigenvalue weighted by molar-refractivity contribution is 6.28. The Morgan fingerprint density at radius 1 is 1.18 bits per heavy atom. The molecule has 1 aliphatic carbocycles. The molecule has 1 aromatic carbocycles. The maximum atomic E-state index is 12.9. The minimum absolute atomic E-state index is 0.157. The predicted molar refractivity (Wildman–Crippen MR) is 105 cm³/mol. The fourth-order valence-corrected chi connectivity index (χ4v) is 3.69. The first-order valence-electron chi connectivity index (χ1n) is 9.29. The van der Waals surface area contributed by atoms with Crippen LogP contribution in [0.2, 0.25) is 5.28 Å². The topological polar surface area (TPSA) is 84.7 Å². The molecule has 0 aliphatic heterocycles. The number of benzene rings is 1. The van der Waals surface area contributed by atoms with E-state index in [0.717, 1.165) is 18.5 Å². The summed E-state index contributed by atoms with van der Waals surface area (Å²) in [4.78, 5) is 25.1. The summed E-state index contributed by atoms with van der Waals surface area (Å²) in [5, 5.41) is 6.10. The standard InChI is InChI=1S/C19H20ClFN6O/c20-19-25-16(15-17(26-19)27(11-24-15)14-3-1-2-4-14)22-9-10-23-18(28)12-5-7-13(21)8-6-12/h5-8,11,14H,1-4,9-10H2,(H,23,28)(H,22,25,26). The van der Waals surface area contributed by atoms with Crippen molar-refractivity contribution in [1.29, 1.82) is 0 Å². The first kappa shape index (κ1) is 18.6. The summed E-state index contributed by atoms with van der Waals surface area (Å²) in [6, 6.07) is 5.81. The lowest BCUT2D eigenvalue weighted by Crippen LogP contribution is -2.29. The van der Waals surface area contributed by atoms with Gasteiger partial charge in [0.1, 0.15) is 5.82 Å². The minimum Gasteiger partial charge on any atom is -0.366 e. The third-order valence-electron chi connectivity index (χ3n) is 4.92. The number of halogens is 2. The first-order chi connectivity index (χ1) is 13.6. The van der Waals surface area contributed by atoms with Gasteiger partial charge in [-0.1, -0.05) is 12.8 Å². The zero-order valence-electron chi connectivity index (χ0n) is 15.2. The molecule has 0 atom stereocenters. The van der Waals surface area contributed by atoms with Crippen molar-refractivity contribution in [1.82, 2.24) is 24.8 Å². The molecule has 3 aromatic rings. The number of aromatic nitrogens is 4. The molecular formula is C19H20ClFN6O. The highest BCUT2D eigenvalue weighted by atomic mass is 35.5. The van der Waals surface area contributed by atoms with Gasteiger partial charge in [0.15, 0.2) is 17.0 Å². The highest BCUT2D eigenvalue weighted by Crippen LogP contribution is 2.32. The van der Waals surface area contributed by atoms with Crippen molar-refractivity contribution >= 4 is 34.5 Å². The molecule has 0 radical (unpaired) electrons. The Balaban J connectivity index is 1.40. The Morgan fingerprint density at radius 3 is 2.68 bits per heavy atom. The molecule has 2 N–H and O–H groups in total. The van der Waals surface area contributed by atoms with Crippen LogP contribution in [0.1, 0.15) is 42.1 Å². The molecule has 2 aromatic heterocycles. The SMILES string of the molecule is O=C(NCCNc1nc(Cl)nc2c1ncn2C1CCCC1)c1ccc(F)cc1. The van der Waals surface area contributed by atoms with Gasteiger partial charge in [-0.3, -0.25) is 4.79 Å². The second-order valence-corrected chi connectivity index (χ2v) is 7.13. The Bertz CT molecular complexity index is 984. The van der Waals surface area contributed by atoms with Crippen molar-refractivity contribution < 1.29 is 9.18 Å². The summed E-state index contributed by atoms with van der Waals surface area (Å²) in [5.74, 6) is -0.0964. The third-order valence-corrected chi connectivity index (χ3v) is 5.09. The number of imidazole rings is 1. The number of hydrogen-bond donors (Lipinski definition) is 2. The Hall–Kier alpha value is -2.74. The number of carbonyl (C=O) groups is 1. The van der Waals surface area contributed by atoms with Gasteiger partial charge < -0.3 is 15.2 Å². The van der Waals surface area contributed by atoms with Gasteiger partial charge in [-0.2, -0.15) is 9.97 Å². The van der Waals surface area contributed by atoms with E-state index >= 15 is 0 Å². The summed E-state index contributed by atoms with van der Waals surface area (Å²) < 4.78 is 15.0. The molecule has 146 valence electrons. The summed E-state index contributed by atoms with van der Waals surface area (Å²) in [5.41, 5.74) is 1.80. The van der Waals surface area contributed by atoms with E-state index in [4.69, 9.17) is 11.6 Å². The summed E-state index contributed by atoms with van der Waals surface area (Å²) in [6.07, 6.45) is 6.45. The van der Waals surface area contributed by atoms with E-state index in [9.17, 15) is 9.18 Å². The van der Waals surface area contributed by atoms with Crippen LogP contribution >= 0.6 is 11.6 Å². The first-order valence-corrected chi connectivity index (χ1v) is 9.67. The zero-order chi connectivity index (χ0) is 19.5. The van der Waals surface area contributed by atoms with Gasteiger partial charge in [-0.05, 0) is 48.7 Å². The molecule has 9 heteroatoms. The molecule has 2 heterocycles. The molecule has 0 unspecified atom stereocenters. The van der Waals surface area contributed by atoms with Crippen molar-refractivity contribution in [2.75, 3.05) is 18.4 Å². The van der Waals surface area contributed by atoms with E-state index in [1.807, 2.05) is 0 Å². The Labute approximate surface area is 166 Å². The molecule has 0 bridgehead atoms. The number of fused-ring (bicyclic) bond motifs is 1. The van der Waals surface area contributed by atoms with Gasteiger partial charge in [-0.15, -0.1) is 0 Å². The Kier molecular flexibility index (Phi) is 5.38. The van der Waals surface area contributed by atoms with Gasteiger partial charge in [0.2, 0.25) is 5.28 Å². The van der Waals surface area contributed by atoms with E-state index in [1.165, 1.54) is 37.1 Å². The maximum Gasteiger partial charge on any atom is 0.251 e. The summed E-state index contributed by atoms with van der Waals surface area (Å²) in [6.45, 7) is 0.800. The lowest BCUT2D eigenvalue weighted by atomic mass is 10.2. The Morgan fingerprint density at radius 2 is 1.93 bits per heavy atom. The van der Waals surface area contributed by atoms with Crippen LogP contribution < -0.4 is 10.6 Å². The van der Waals surface area contributed by atoms with E-state index in [-0.39, 0.29) is 17.0 Å². The third kappa shape index (κ3) is 3.91. The lowest BCUT2D eigenvalue weighted by Gasteiger charge is -2.12. The number of hydrogen-bond acceptors (Lipinski definition) is 5. The molecule has 4 rings (SSSR count). The van der Waals surface area contributed by atoms with Crippen molar-refractivity contribution in [3.8, 4) is 0 Å².